The minimum absolute atomic E-state index is 0.0705. The Hall–Kier alpha value is -1.57. The molecule has 0 aromatic heterocycles. The molecule has 0 aliphatic carbocycles. The summed E-state index contributed by atoms with van der Waals surface area (Å²) in [4.78, 5) is 23.8. The van der Waals surface area contributed by atoms with Gasteiger partial charge in [0.1, 0.15) is 0 Å². The van der Waals surface area contributed by atoms with E-state index in [4.69, 9.17) is 4.74 Å². The van der Waals surface area contributed by atoms with Gasteiger partial charge >= 0.3 is 18.1 Å². The highest BCUT2D eigenvalue weighted by molar-refractivity contribution is 9.09. The molecule has 0 heterocycles. The molecule has 1 atom stereocenters. The highest BCUT2D eigenvalue weighted by Gasteiger charge is 2.42. The van der Waals surface area contributed by atoms with Crippen molar-refractivity contribution >= 4 is 27.9 Å². The second-order valence-corrected chi connectivity index (χ2v) is 7.07. The molecular weight excluding hydrogens is 441 g/mol. The van der Waals surface area contributed by atoms with Gasteiger partial charge in [-0.1, -0.05) is 61.4 Å². The third-order valence-electron chi connectivity index (χ3n) is 4.09. The first-order chi connectivity index (χ1) is 13.3. The number of rotatable bonds is 12. The molecule has 28 heavy (non-hydrogen) atoms. The molecular formula is C20H26BrF3O4. The fourth-order valence-electron chi connectivity index (χ4n) is 2.43. The van der Waals surface area contributed by atoms with E-state index < -0.39 is 29.5 Å². The van der Waals surface area contributed by atoms with Gasteiger partial charge in [0.05, 0.1) is 17.7 Å². The van der Waals surface area contributed by atoms with Gasteiger partial charge in [0.15, 0.2) is 0 Å². The molecule has 8 heteroatoms. The van der Waals surface area contributed by atoms with E-state index in [0.717, 1.165) is 19.3 Å². The summed E-state index contributed by atoms with van der Waals surface area (Å²) in [6.45, 7) is 2.48. The van der Waals surface area contributed by atoms with Crippen LogP contribution in [0.2, 0.25) is 0 Å². The van der Waals surface area contributed by atoms with Crippen LogP contribution in [0.25, 0.3) is 0 Å². The van der Waals surface area contributed by atoms with Crippen LogP contribution in [0.1, 0.15) is 72.6 Å². The molecule has 1 aromatic rings. The van der Waals surface area contributed by atoms with E-state index in [9.17, 15) is 22.8 Å². The first-order valence-electron chi connectivity index (χ1n) is 9.40. The van der Waals surface area contributed by atoms with Crippen molar-refractivity contribution in [1.29, 1.82) is 0 Å². The van der Waals surface area contributed by atoms with Crippen molar-refractivity contribution in [3.8, 4) is 0 Å². The lowest BCUT2D eigenvalue weighted by molar-refractivity contribution is -0.196. The van der Waals surface area contributed by atoms with Gasteiger partial charge < -0.3 is 9.47 Å². The maximum Gasteiger partial charge on any atom is 0.426 e. The van der Waals surface area contributed by atoms with Crippen LogP contribution in [0.5, 0.6) is 0 Å². The molecule has 0 aliphatic rings. The number of hydrogen-bond donors (Lipinski definition) is 0. The standard InChI is InChI=1S/C20H26BrF3O4/c1-2-3-4-5-6-7-8-13-27-18(25)15-9-11-16(12-10-15)19(26)28-17(14-21)20(22,23)24/h9-12,17H,2-8,13-14H2,1H3. The quantitative estimate of drug-likeness (QED) is 0.213. The Labute approximate surface area is 171 Å². The molecule has 0 aliphatic heterocycles. The molecule has 0 saturated heterocycles. The smallest absolute Gasteiger partial charge is 0.426 e. The summed E-state index contributed by atoms with van der Waals surface area (Å²) < 4.78 is 47.6. The average molecular weight is 467 g/mol. The molecule has 0 spiro atoms. The lowest BCUT2D eigenvalue weighted by atomic mass is 10.1. The molecule has 0 fully saturated rings. The predicted octanol–water partition coefficient (Wildman–Crippen LogP) is 6.08. The van der Waals surface area contributed by atoms with Crippen molar-refractivity contribution < 1.29 is 32.2 Å². The molecule has 0 saturated carbocycles. The zero-order chi connectivity index (χ0) is 21.0. The fourth-order valence-corrected chi connectivity index (χ4v) is 2.93. The third kappa shape index (κ3) is 9.08. The fraction of sp³-hybridized carbons (Fsp3) is 0.600. The molecule has 0 bridgehead atoms. The highest BCUT2D eigenvalue weighted by atomic mass is 79.9. The third-order valence-corrected chi connectivity index (χ3v) is 4.68. The minimum atomic E-state index is -4.65. The van der Waals surface area contributed by atoms with Gasteiger partial charge in [-0.25, -0.2) is 9.59 Å². The largest absolute Gasteiger partial charge is 0.462 e. The first-order valence-corrected chi connectivity index (χ1v) is 10.5. The van der Waals surface area contributed by atoms with E-state index in [0.29, 0.717) is 6.61 Å². The second kappa shape index (κ2) is 12.8. The topological polar surface area (TPSA) is 52.6 Å². The van der Waals surface area contributed by atoms with Crippen LogP contribution in [0.4, 0.5) is 13.2 Å². The monoisotopic (exact) mass is 466 g/mol. The summed E-state index contributed by atoms with van der Waals surface area (Å²) in [6, 6.07) is 5.16. The number of carbonyl (C=O) groups excluding carboxylic acids is 2. The molecule has 1 unspecified atom stereocenters. The maximum absolute atomic E-state index is 12.6. The summed E-state index contributed by atoms with van der Waals surface area (Å²) in [7, 11) is 0. The second-order valence-electron chi connectivity index (χ2n) is 6.42. The van der Waals surface area contributed by atoms with Gasteiger partial charge in [-0.3, -0.25) is 0 Å². The molecule has 0 N–H and O–H groups in total. The van der Waals surface area contributed by atoms with Crippen LogP contribution in [0.15, 0.2) is 24.3 Å². The number of benzene rings is 1. The van der Waals surface area contributed by atoms with Gasteiger partial charge in [-0.05, 0) is 30.7 Å². The number of halogens is 4. The van der Waals surface area contributed by atoms with Crippen LogP contribution in [0.3, 0.4) is 0 Å². The van der Waals surface area contributed by atoms with Gasteiger partial charge in [-0.2, -0.15) is 13.2 Å². The van der Waals surface area contributed by atoms with Crippen molar-refractivity contribution in [1.82, 2.24) is 0 Å². The number of ether oxygens (including phenoxy) is 2. The van der Waals surface area contributed by atoms with Gasteiger partial charge in [0.2, 0.25) is 6.10 Å². The number of esters is 2. The van der Waals surface area contributed by atoms with E-state index in [1.54, 1.807) is 0 Å². The van der Waals surface area contributed by atoms with Crippen molar-refractivity contribution in [2.75, 3.05) is 11.9 Å². The normalized spacial score (nSPS) is 12.5. The summed E-state index contributed by atoms with van der Waals surface area (Å²) in [5.41, 5.74) is 0.159. The lowest BCUT2D eigenvalue weighted by Gasteiger charge is -2.18. The van der Waals surface area contributed by atoms with Crippen molar-refractivity contribution in [3.63, 3.8) is 0 Å². The number of unbranched alkanes of at least 4 members (excludes halogenated alkanes) is 6. The summed E-state index contributed by atoms with van der Waals surface area (Å²) in [6.07, 6.45) is 0.864. The van der Waals surface area contributed by atoms with E-state index in [2.05, 4.69) is 27.6 Å². The molecule has 158 valence electrons. The van der Waals surface area contributed by atoms with Crippen molar-refractivity contribution in [3.05, 3.63) is 35.4 Å². The summed E-state index contributed by atoms with van der Waals surface area (Å²) in [5.74, 6) is -1.63. The number of alkyl halides is 4. The SMILES string of the molecule is CCCCCCCCCOC(=O)c1ccc(C(=O)OC(CBr)C(F)(F)F)cc1. The Bertz CT molecular complexity index is 602. The zero-order valence-corrected chi connectivity index (χ0v) is 17.5. The number of hydrogen-bond acceptors (Lipinski definition) is 4. The Morgan fingerprint density at radius 1 is 0.929 bits per heavy atom. The Morgan fingerprint density at radius 2 is 1.43 bits per heavy atom. The molecule has 0 radical (unpaired) electrons. The van der Waals surface area contributed by atoms with E-state index >= 15 is 0 Å². The molecule has 1 rings (SSSR count). The molecule has 0 amide bonds. The maximum atomic E-state index is 12.6. The Kier molecular flexibility index (Phi) is 11.2. The Morgan fingerprint density at radius 3 is 1.93 bits per heavy atom. The molecule has 4 nitrogen and oxygen atoms in total. The van der Waals surface area contributed by atoms with E-state index in [-0.39, 0.29) is 11.1 Å². The van der Waals surface area contributed by atoms with Crippen LogP contribution < -0.4 is 0 Å². The predicted molar refractivity (Wildman–Crippen MR) is 104 cm³/mol. The summed E-state index contributed by atoms with van der Waals surface area (Å²) >= 11 is 2.68. The van der Waals surface area contributed by atoms with Crippen molar-refractivity contribution in [2.45, 2.75) is 64.1 Å². The first kappa shape index (κ1) is 24.5. The van der Waals surface area contributed by atoms with Gasteiger partial charge in [0.25, 0.3) is 0 Å². The zero-order valence-electron chi connectivity index (χ0n) is 15.9. The highest BCUT2D eigenvalue weighted by Crippen LogP contribution is 2.25. The van der Waals surface area contributed by atoms with Gasteiger partial charge in [0, 0.05) is 5.33 Å². The minimum Gasteiger partial charge on any atom is -0.462 e. The van der Waals surface area contributed by atoms with Crippen LogP contribution in [-0.4, -0.2) is 36.2 Å². The molecule has 1 aromatic carbocycles. The Balaban J connectivity index is 2.40. The average Bonchev–Trinajstić information content (AvgIpc) is 2.67. The van der Waals surface area contributed by atoms with Crippen LogP contribution in [0, 0.1) is 0 Å². The van der Waals surface area contributed by atoms with E-state index in [1.165, 1.54) is 49.9 Å². The summed E-state index contributed by atoms with van der Waals surface area (Å²) in [5, 5.41) is -0.550. The van der Waals surface area contributed by atoms with Crippen LogP contribution >= 0.6 is 15.9 Å². The van der Waals surface area contributed by atoms with Crippen LogP contribution in [-0.2, 0) is 9.47 Å². The van der Waals surface area contributed by atoms with E-state index in [1.807, 2.05) is 0 Å². The lowest BCUT2D eigenvalue weighted by Crippen LogP contribution is -2.35. The van der Waals surface area contributed by atoms with Crippen molar-refractivity contribution in [2.24, 2.45) is 0 Å². The van der Waals surface area contributed by atoms with Gasteiger partial charge in [-0.15, -0.1) is 0 Å². The number of carbonyl (C=O) groups is 2.